The molecule has 2 N–H and O–H groups in total. The summed E-state index contributed by atoms with van der Waals surface area (Å²) in [6.07, 6.45) is 4.47. The first-order chi connectivity index (χ1) is 12.4. The molecule has 1 heterocycles. The van der Waals surface area contributed by atoms with Crippen molar-refractivity contribution in [3.8, 4) is 0 Å². The Balaban J connectivity index is 1.72. The Bertz CT molecular complexity index is 696. The van der Waals surface area contributed by atoms with E-state index in [-0.39, 0.29) is 5.91 Å². The van der Waals surface area contributed by atoms with Crippen LogP contribution in [0.15, 0.2) is 24.3 Å². The lowest BCUT2D eigenvalue weighted by Crippen LogP contribution is -2.56. The molecule has 3 rings (SSSR count). The number of benzene rings is 1. The maximum absolute atomic E-state index is 13.1. The Morgan fingerprint density at radius 3 is 2.31 bits per heavy atom. The standard InChI is InChI=1S/C19H23FN2O4/c20-13-5-7-14(8-6-13)22-12-9-15(17(22)24)16(23)21-19(18(25)26)10-3-1-2-4-11-19/h5-8,15H,1-4,9-12H2,(H,21,23)(H,25,26). The van der Waals surface area contributed by atoms with Gasteiger partial charge in [-0.25, -0.2) is 9.18 Å². The predicted octanol–water partition coefficient (Wildman–Crippen LogP) is 2.47. The molecular weight excluding hydrogens is 339 g/mol. The number of nitrogens with one attached hydrogen (secondary N) is 1. The quantitative estimate of drug-likeness (QED) is 0.636. The molecule has 1 atom stereocenters. The van der Waals surface area contributed by atoms with Crippen LogP contribution in [-0.4, -0.2) is 35.0 Å². The van der Waals surface area contributed by atoms with Crippen LogP contribution in [0.5, 0.6) is 0 Å². The lowest BCUT2D eigenvalue weighted by atomic mass is 9.89. The van der Waals surface area contributed by atoms with E-state index in [1.807, 2.05) is 0 Å². The maximum Gasteiger partial charge on any atom is 0.329 e. The van der Waals surface area contributed by atoms with Crippen LogP contribution in [0.3, 0.4) is 0 Å². The summed E-state index contributed by atoms with van der Waals surface area (Å²) in [5.41, 5.74) is -0.744. The SMILES string of the molecule is O=C(NC1(C(=O)O)CCCCCC1)C1CCN(c2ccc(F)cc2)C1=O. The second-order valence-corrected chi connectivity index (χ2v) is 7.10. The van der Waals surface area contributed by atoms with Crippen LogP contribution in [0.1, 0.15) is 44.9 Å². The Morgan fingerprint density at radius 1 is 1.12 bits per heavy atom. The topological polar surface area (TPSA) is 86.7 Å². The summed E-state index contributed by atoms with van der Waals surface area (Å²) in [5, 5.41) is 12.4. The van der Waals surface area contributed by atoms with Crippen molar-refractivity contribution in [2.45, 2.75) is 50.5 Å². The minimum Gasteiger partial charge on any atom is -0.480 e. The average molecular weight is 362 g/mol. The van der Waals surface area contributed by atoms with Crippen LogP contribution >= 0.6 is 0 Å². The Kier molecular flexibility index (Phi) is 5.25. The van der Waals surface area contributed by atoms with Crippen molar-refractivity contribution in [3.63, 3.8) is 0 Å². The molecule has 0 aromatic heterocycles. The summed E-state index contributed by atoms with van der Waals surface area (Å²) < 4.78 is 13.1. The van der Waals surface area contributed by atoms with Crippen LogP contribution in [0.25, 0.3) is 0 Å². The molecule has 26 heavy (non-hydrogen) atoms. The zero-order chi connectivity index (χ0) is 18.7. The second-order valence-electron chi connectivity index (χ2n) is 7.10. The van der Waals surface area contributed by atoms with E-state index in [0.29, 0.717) is 31.5 Å². The molecule has 7 heteroatoms. The minimum atomic E-state index is -1.28. The van der Waals surface area contributed by atoms with Crippen molar-refractivity contribution in [1.82, 2.24) is 5.32 Å². The molecule has 6 nitrogen and oxygen atoms in total. The number of halogens is 1. The fourth-order valence-electron chi connectivity index (χ4n) is 3.85. The van der Waals surface area contributed by atoms with Crippen LogP contribution in [0.2, 0.25) is 0 Å². The molecule has 1 aliphatic heterocycles. The molecule has 0 bridgehead atoms. The predicted molar refractivity (Wildman–Crippen MR) is 93.1 cm³/mol. The molecule has 140 valence electrons. The summed E-state index contributed by atoms with van der Waals surface area (Å²) in [4.78, 5) is 38.6. The van der Waals surface area contributed by atoms with Crippen LogP contribution in [0.4, 0.5) is 10.1 Å². The van der Waals surface area contributed by atoms with Crippen molar-refractivity contribution in [2.24, 2.45) is 5.92 Å². The Labute approximate surface area is 151 Å². The number of aliphatic carboxylic acids is 1. The summed E-state index contributed by atoms with van der Waals surface area (Å²) in [5.74, 6) is -3.23. The second kappa shape index (κ2) is 7.43. The lowest BCUT2D eigenvalue weighted by molar-refractivity contribution is -0.149. The molecule has 2 aliphatic rings. The number of carbonyl (C=O) groups excluding carboxylic acids is 2. The molecule has 1 aromatic rings. The number of nitrogens with zero attached hydrogens (tertiary/aromatic N) is 1. The fraction of sp³-hybridized carbons (Fsp3) is 0.526. The zero-order valence-electron chi connectivity index (χ0n) is 14.5. The van der Waals surface area contributed by atoms with E-state index in [2.05, 4.69) is 5.32 Å². The van der Waals surface area contributed by atoms with Gasteiger partial charge in [0.25, 0.3) is 0 Å². The van der Waals surface area contributed by atoms with Crippen LogP contribution in [0, 0.1) is 11.7 Å². The number of carbonyl (C=O) groups is 3. The van der Waals surface area contributed by atoms with Crippen molar-refractivity contribution in [1.29, 1.82) is 0 Å². The smallest absolute Gasteiger partial charge is 0.329 e. The van der Waals surface area contributed by atoms with Gasteiger partial charge in [-0.2, -0.15) is 0 Å². The van der Waals surface area contributed by atoms with Gasteiger partial charge in [0.05, 0.1) is 0 Å². The summed E-state index contributed by atoms with van der Waals surface area (Å²) in [6.45, 7) is 0.350. The van der Waals surface area contributed by atoms with Crippen molar-refractivity contribution in [2.75, 3.05) is 11.4 Å². The molecule has 0 radical (unpaired) electrons. The van der Waals surface area contributed by atoms with Gasteiger partial charge >= 0.3 is 5.97 Å². The van der Waals surface area contributed by atoms with E-state index >= 15 is 0 Å². The normalized spacial score (nSPS) is 22.7. The number of rotatable bonds is 4. The third-order valence-electron chi connectivity index (χ3n) is 5.39. The van der Waals surface area contributed by atoms with Crippen molar-refractivity contribution in [3.05, 3.63) is 30.1 Å². The van der Waals surface area contributed by atoms with E-state index in [9.17, 15) is 23.9 Å². The highest BCUT2D eigenvalue weighted by Gasteiger charge is 2.44. The van der Waals surface area contributed by atoms with E-state index in [4.69, 9.17) is 0 Å². The van der Waals surface area contributed by atoms with Gasteiger partial charge in [-0.3, -0.25) is 9.59 Å². The molecule has 2 amide bonds. The summed E-state index contributed by atoms with van der Waals surface area (Å²) >= 11 is 0. The van der Waals surface area contributed by atoms with Crippen LogP contribution in [-0.2, 0) is 14.4 Å². The highest BCUT2D eigenvalue weighted by molar-refractivity contribution is 6.10. The number of hydrogen-bond acceptors (Lipinski definition) is 3. The molecule has 2 fully saturated rings. The first-order valence-electron chi connectivity index (χ1n) is 9.05. The number of carboxylic acids is 1. The Morgan fingerprint density at radius 2 is 1.73 bits per heavy atom. The highest BCUT2D eigenvalue weighted by Crippen LogP contribution is 2.30. The first-order valence-corrected chi connectivity index (χ1v) is 9.05. The molecule has 1 aromatic carbocycles. The number of anilines is 1. The fourth-order valence-corrected chi connectivity index (χ4v) is 3.85. The van der Waals surface area contributed by atoms with Gasteiger partial charge in [0, 0.05) is 12.2 Å². The molecular formula is C19H23FN2O4. The summed E-state index contributed by atoms with van der Waals surface area (Å²) in [6, 6.07) is 5.52. The average Bonchev–Trinajstić information content (AvgIpc) is 2.84. The van der Waals surface area contributed by atoms with Gasteiger partial charge in [0.2, 0.25) is 11.8 Å². The van der Waals surface area contributed by atoms with E-state index in [0.717, 1.165) is 25.7 Å². The first kappa shape index (κ1) is 18.4. The van der Waals surface area contributed by atoms with Gasteiger partial charge in [0.15, 0.2) is 0 Å². The molecule has 0 spiro atoms. The summed E-state index contributed by atoms with van der Waals surface area (Å²) in [7, 11) is 0. The monoisotopic (exact) mass is 362 g/mol. The maximum atomic E-state index is 13.1. The molecule has 1 saturated heterocycles. The Hall–Kier alpha value is -2.44. The van der Waals surface area contributed by atoms with E-state index in [1.165, 1.54) is 29.2 Å². The molecule has 1 saturated carbocycles. The zero-order valence-corrected chi connectivity index (χ0v) is 14.5. The highest BCUT2D eigenvalue weighted by atomic mass is 19.1. The van der Waals surface area contributed by atoms with Gasteiger partial charge in [-0.15, -0.1) is 0 Å². The molecule has 1 aliphatic carbocycles. The minimum absolute atomic E-state index is 0.317. The third-order valence-corrected chi connectivity index (χ3v) is 5.39. The van der Waals surface area contributed by atoms with Gasteiger partial charge in [-0.1, -0.05) is 25.7 Å². The number of hydrogen-bond donors (Lipinski definition) is 2. The van der Waals surface area contributed by atoms with Gasteiger partial charge < -0.3 is 15.3 Å². The van der Waals surface area contributed by atoms with Crippen molar-refractivity contribution < 1.29 is 23.9 Å². The molecule has 1 unspecified atom stereocenters. The number of carboxylic acid groups (broad SMARTS) is 1. The largest absolute Gasteiger partial charge is 0.480 e. The number of amides is 2. The lowest BCUT2D eigenvalue weighted by Gasteiger charge is -2.30. The van der Waals surface area contributed by atoms with E-state index in [1.54, 1.807) is 0 Å². The van der Waals surface area contributed by atoms with E-state index < -0.39 is 29.2 Å². The van der Waals surface area contributed by atoms with Gasteiger partial charge in [-0.05, 0) is 43.5 Å². The third kappa shape index (κ3) is 3.57. The van der Waals surface area contributed by atoms with Crippen LogP contribution < -0.4 is 10.2 Å². The van der Waals surface area contributed by atoms with Crippen molar-refractivity contribution >= 4 is 23.5 Å². The van der Waals surface area contributed by atoms with Gasteiger partial charge in [0.1, 0.15) is 17.3 Å².